The van der Waals surface area contributed by atoms with Gasteiger partial charge in [-0.25, -0.2) is 4.98 Å². The highest BCUT2D eigenvalue weighted by Crippen LogP contribution is 1.97. The number of allylic oxidation sites excluding steroid dienone is 2. The van der Waals surface area contributed by atoms with E-state index in [1.165, 1.54) is 0 Å². The maximum Gasteiger partial charge on any atom is 0.220 e. The van der Waals surface area contributed by atoms with Crippen LogP contribution in [0.2, 0.25) is 0 Å². The number of aryl methyl sites for hydroxylation is 1. The van der Waals surface area contributed by atoms with Gasteiger partial charge in [-0.05, 0) is 12.5 Å². The number of nitrogens with zero attached hydrogens (tertiary/aromatic N) is 2. The van der Waals surface area contributed by atoms with E-state index in [0.29, 0.717) is 5.82 Å². The second-order valence-electron chi connectivity index (χ2n) is 2.54. The van der Waals surface area contributed by atoms with Gasteiger partial charge in [0.05, 0.1) is 0 Å². The van der Waals surface area contributed by atoms with E-state index in [0.717, 1.165) is 6.42 Å². The average Bonchev–Trinajstić information content (AvgIpc) is 2.47. The average molecular weight is 164 g/mol. The van der Waals surface area contributed by atoms with Gasteiger partial charge >= 0.3 is 0 Å². The lowest BCUT2D eigenvalue weighted by atomic mass is 10.3. The van der Waals surface area contributed by atoms with Crippen molar-refractivity contribution in [2.24, 2.45) is 7.05 Å². The minimum Gasteiger partial charge on any atom is -0.331 e. The molecule has 0 amide bonds. The molecule has 0 fully saturated rings. The number of aromatic nitrogens is 2. The Morgan fingerprint density at radius 3 is 3.00 bits per heavy atom. The standard InChI is InChI=1S/C9H12N2O/c1-3-4-5-8(12)9-10-6-7-11(9)2/h4-7H,3H2,1-2H3/b5-4+. The zero-order chi connectivity index (χ0) is 8.97. The highest BCUT2D eigenvalue weighted by molar-refractivity contribution is 6.01. The monoisotopic (exact) mass is 164 g/mol. The maximum atomic E-state index is 11.3. The third-order valence-electron chi connectivity index (χ3n) is 1.55. The first-order valence-corrected chi connectivity index (χ1v) is 3.94. The van der Waals surface area contributed by atoms with Crippen molar-refractivity contribution in [2.45, 2.75) is 13.3 Å². The Kier molecular flexibility index (Phi) is 2.80. The van der Waals surface area contributed by atoms with Gasteiger partial charge in [-0.1, -0.05) is 13.0 Å². The van der Waals surface area contributed by atoms with Crippen LogP contribution >= 0.6 is 0 Å². The summed E-state index contributed by atoms with van der Waals surface area (Å²) >= 11 is 0. The fraction of sp³-hybridized carbons (Fsp3) is 0.333. The highest BCUT2D eigenvalue weighted by Gasteiger charge is 2.05. The van der Waals surface area contributed by atoms with E-state index < -0.39 is 0 Å². The molecule has 0 aliphatic carbocycles. The zero-order valence-corrected chi connectivity index (χ0v) is 7.32. The maximum absolute atomic E-state index is 11.3. The fourth-order valence-corrected chi connectivity index (χ4v) is 0.902. The molecule has 1 aromatic heterocycles. The third-order valence-corrected chi connectivity index (χ3v) is 1.55. The third kappa shape index (κ3) is 1.81. The molecule has 3 nitrogen and oxygen atoms in total. The summed E-state index contributed by atoms with van der Waals surface area (Å²) < 4.78 is 1.71. The van der Waals surface area contributed by atoms with Gasteiger partial charge in [0.25, 0.3) is 0 Å². The summed E-state index contributed by atoms with van der Waals surface area (Å²) in [6.45, 7) is 1.99. The second-order valence-corrected chi connectivity index (χ2v) is 2.54. The van der Waals surface area contributed by atoms with E-state index in [9.17, 15) is 4.79 Å². The highest BCUT2D eigenvalue weighted by atomic mass is 16.1. The van der Waals surface area contributed by atoms with Gasteiger partial charge < -0.3 is 4.57 Å². The second kappa shape index (κ2) is 3.85. The predicted molar refractivity (Wildman–Crippen MR) is 47.0 cm³/mol. The Morgan fingerprint density at radius 1 is 1.75 bits per heavy atom. The number of hydrogen-bond donors (Lipinski definition) is 0. The summed E-state index contributed by atoms with van der Waals surface area (Å²) in [6.07, 6.45) is 7.63. The van der Waals surface area contributed by atoms with Crippen molar-refractivity contribution in [2.75, 3.05) is 0 Å². The Labute approximate surface area is 71.7 Å². The number of rotatable bonds is 3. The zero-order valence-electron chi connectivity index (χ0n) is 7.32. The summed E-state index contributed by atoms with van der Waals surface area (Å²) in [5.41, 5.74) is 0. The number of carbonyl (C=O) groups excluding carboxylic acids is 1. The molecule has 0 spiro atoms. The van der Waals surface area contributed by atoms with Crippen LogP contribution in [0.25, 0.3) is 0 Å². The predicted octanol–water partition coefficient (Wildman–Crippen LogP) is 1.57. The molecular formula is C9H12N2O. The Hall–Kier alpha value is -1.38. The summed E-state index contributed by atoms with van der Waals surface area (Å²) in [6, 6.07) is 0. The van der Waals surface area contributed by atoms with Crippen LogP contribution in [0.4, 0.5) is 0 Å². The van der Waals surface area contributed by atoms with E-state index >= 15 is 0 Å². The van der Waals surface area contributed by atoms with Crippen LogP contribution in [-0.4, -0.2) is 15.3 Å². The molecule has 0 unspecified atom stereocenters. The molecule has 12 heavy (non-hydrogen) atoms. The molecule has 0 saturated heterocycles. The summed E-state index contributed by atoms with van der Waals surface area (Å²) in [5.74, 6) is 0.448. The summed E-state index contributed by atoms with van der Waals surface area (Å²) in [7, 11) is 1.81. The molecule has 1 rings (SSSR count). The van der Waals surface area contributed by atoms with Gasteiger partial charge in [-0.3, -0.25) is 4.79 Å². The van der Waals surface area contributed by atoms with E-state index in [2.05, 4.69) is 4.98 Å². The molecule has 0 aliphatic rings. The quantitative estimate of drug-likeness (QED) is 0.502. The van der Waals surface area contributed by atoms with Crippen LogP contribution in [0.5, 0.6) is 0 Å². The van der Waals surface area contributed by atoms with Gasteiger partial charge in [-0.2, -0.15) is 0 Å². The van der Waals surface area contributed by atoms with Gasteiger partial charge in [0.1, 0.15) is 0 Å². The van der Waals surface area contributed by atoms with E-state index in [4.69, 9.17) is 0 Å². The Morgan fingerprint density at radius 2 is 2.50 bits per heavy atom. The summed E-state index contributed by atoms with van der Waals surface area (Å²) in [4.78, 5) is 15.2. The van der Waals surface area contributed by atoms with Crippen LogP contribution < -0.4 is 0 Å². The number of ketones is 1. The minimum atomic E-state index is -0.0376. The van der Waals surface area contributed by atoms with Gasteiger partial charge in [0, 0.05) is 19.4 Å². The fourth-order valence-electron chi connectivity index (χ4n) is 0.902. The molecule has 1 aromatic rings. The van der Waals surface area contributed by atoms with E-state index in [-0.39, 0.29) is 5.78 Å². The topological polar surface area (TPSA) is 34.9 Å². The molecule has 0 N–H and O–H groups in total. The first-order chi connectivity index (χ1) is 5.75. The lowest BCUT2D eigenvalue weighted by Gasteiger charge is -1.94. The van der Waals surface area contributed by atoms with E-state index in [1.807, 2.05) is 13.0 Å². The van der Waals surface area contributed by atoms with Crippen LogP contribution in [0.3, 0.4) is 0 Å². The molecule has 0 bridgehead atoms. The van der Waals surface area contributed by atoms with Crippen molar-refractivity contribution < 1.29 is 4.79 Å². The van der Waals surface area contributed by atoms with Crippen molar-refractivity contribution in [1.82, 2.24) is 9.55 Å². The molecule has 0 aromatic carbocycles. The first kappa shape index (κ1) is 8.71. The van der Waals surface area contributed by atoms with Crippen LogP contribution in [0.15, 0.2) is 24.5 Å². The smallest absolute Gasteiger partial charge is 0.220 e. The van der Waals surface area contributed by atoms with Crippen LogP contribution in [0.1, 0.15) is 24.0 Å². The molecule has 0 atom stereocenters. The molecule has 0 aliphatic heterocycles. The number of carbonyl (C=O) groups is 1. The van der Waals surface area contributed by atoms with Crippen molar-refractivity contribution in [3.63, 3.8) is 0 Å². The van der Waals surface area contributed by atoms with Crippen molar-refractivity contribution in [3.8, 4) is 0 Å². The lowest BCUT2D eigenvalue weighted by Crippen LogP contribution is -2.03. The molecule has 1 heterocycles. The largest absolute Gasteiger partial charge is 0.331 e. The van der Waals surface area contributed by atoms with Gasteiger partial charge in [-0.15, -0.1) is 0 Å². The normalized spacial score (nSPS) is 10.8. The van der Waals surface area contributed by atoms with Crippen molar-refractivity contribution >= 4 is 5.78 Å². The van der Waals surface area contributed by atoms with Crippen molar-refractivity contribution in [3.05, 3.63) is 30.4 Å². The number of hydrogen-bond acceptors (Lipinski definition) is 2. The van der Waals surface area contributed by atoms with E-state index in [1.54, 1.807) is 30.1 Å². The Balaban J connectivity index is 2.78. The minimum absolute atomic E-state index is 0.0376. The SMILES string of the molecule is CC/C=C/C(=O)c1nccn1C. The molecule has 0 radical (unpaired) electrons. The van der Waals surface area contributed by atoms with Gasteiger partial charge in [0.15, 0.2) is 5.82 Å². The van der Waals surface area contributed by atoms with Gasteiger partial charge in [0.2, 0.25) is 5.78 Å². The molecule has 64 valence electrons. The molecule has 3 heteroatoms. The lowest BCUT2D eigenvalue weighted by molar-refractivity contribution is 0.103. The first-order valence-electron chi connectivity index (χ1n) is 3.94. The van der Waals surface area contributed by atoms with Crippen LogP contribution in [-0.2, 0) is 7.05 Å². The number of imidazole rings is 1. The molecule has 0 saturated carbocycles. The molecular weight excluding hydrogens is 152 g/mol. The van der Waals surface area contributed by atoms with Crippen molar-refractivity contribution in [1.29, 1.82) is 0 Å². The summed E-state index contributed by atoms with van der Waals surface area (Å²) in [5, 5.41) is 0. The Bertz CT molecular complexity index is 299. The van der Waals surface area contributed by atoms with Crippen LogP contribution in [0, 0.1) is 0 Å².